The standard InChI is InChI=1S/C17H26N2O2/c1-12(2)15(14-7-5-4-6-8-14)10-19-9-13(3)21-16(11-19)17(18)20/h4-8,12-13,15-16H,9-11H2,1-3H3,(H2,18,20)/t13-,15+,16-/m1/s1. The van der Waals surface area contributed by atoms with E-state index in [4.69, 9.17) is 10.5 Å². The van der Waals surface area contributed by atoms with Gasteiger partial charge in [0.2, 0.25) is 5.91 Å². The zero-order chi connectivity index (χ0) is 15.4. The minimum Gasteiger partial charge on any atom is -0.367 e. The predicted molar refractivity (Wildman–Crippen MR) is 84.0 cm³/mol. The van der Waals surface area contributed by atoms with Gasteiger partial charge in [-0.25, -0.2) is 0 Å². The molecular weight excluding hydrogens is 264 g/mol. The van der Waals surface area contributed by atoms with Gasteiger partial charge in [-0.2, -0.15) is 0 Å². The van der Waals surface area contributed by atoms with E-state index in [-0.39, 0.29) is 12.0 Å². The van der Waals surface area contributed by atoms with E-state index in [0.29, 0.717) is 18.4 Å². The molecule has 116 valence electrons. The summed E-state index contributed by atoms with van der Waals surface area (Å²) in [5.41, 5.74) is 6.75. The van der Waals surface area contributed by atoms with Gasteiger partial charge in [-0.1, -0.05) is 44.2 Å². The number of ether oxygens (including phenoxy) is 1. The normalized spacial score (nSPS) is 25.0. The zero-order valence-corrected chi connectivity index (χ0v) is 13.2. The summed E-state index contributed by atoms with van der Waals surface area (Å²) in [5, 5.41) is 0. The van der Waals surface area contributed by atoms with Crippen LogP contribution in [0.2, 0.25) is 0 Å². The second kappa shape index (κ2) is 7.05. The molecule has 0 aromatic heterocycles. The molecule has 0 bridgehead atoms. The Morgan fingerprint density at radius 1 is 1.33 bits per heavy atom. The van der Waals surface area contributed by atoms with Crippen molar-refractivity contribution in [2.75, 3.05) is 19.6 Å². The van der Waals surface area contributed by atoms with Gasteiger partial charge in [0.25, 0.3) is 0 Å². The van der Waals surface area contributed by atoms with Crippen LogP contribution in [0, 0.1) is 5.92 Å². The summed E-state index contributed by atoms with van der Waals surface area (Å²) < 4.78 is 5.61. The number of primary amides is 1. The Balaban J connectivity index is 2.08. The largest absolute Gasteiger partial charge is 0.367 e. The highest BCUT2D eigenvalue weighted by atomic mass is 16.5. The molecule has 4 heteroatoms. The van der Waals surface area contributed by atoms with Crippen LogP contribution in [0.5, 0.6) is 0 Å². The smallest absolute Gasteiger partial charge is 0.247 e. The Hall–Kier alpha value is -1.39. The Bertz CT molecular complexity index is 461. The van der Waals surface area contributed by atoms with Crippen molar-refractivity contribution in [1.29, 1.82) is 0 Å². The van der Waals surface area contributed by atoms with E-state index in [1.807, 2.05) is 13.0 Å². The molecule has 21 heavy (non-hydrogen) atoms. The number of hydrogen-bond acceptors (Lipinski definition) is 3. The van der Waals surface area contributed by atoms with Crippen molar-refractivity contribution >= 4 is 5.91 Å². The topological polar surface area (TPSA) is 55.6 Å². The fourth-order valence-corrected chi connectivity index (χ4v) is 3.02. The molecule has 1 aliphatic rings. The van der Waals surface area contributed by atoms with Gasteiger partial charge >= 0.3 is 0 Å². The molecule has 3 atom stereocenters. The molecule has 1 aromatic carbocycles. The molecule has 0 radical (unpaired) electrons. The summed E-state index contributed by atoms with van der Waals surface area (Å²) in [5.74, 6) is 0.620. The molecule has 2 rings (SSSR count). The molecule has 1 aliphatic heterocycles. The first-order valence-corrected chi connectivity index (χ1v) is 7.69. The highest BCUT2D eigenvalue weighted by Crippen LogP contribution is 2.26. The maximum Gasteiger partial charge on any atom is 0.247 e. The van der Waals surface area contributed by atoms with Crippen molar-refractivity contribution < 1.29 is 9.53 Å². The van der Waals surface area contributed by atoms with Crippen molar-refractivity contribution in [3.05, 3.63) is 35.9 Å². The van der Waals surface area contributed by atoms with Gasteiger partial charge in [0, 0.05) is 19.6 Å². The minimum atomic E-state index is -0.489. The number of rotatable bonds is 5. The van der Waals surface area contributed by atoms with Crippen LogP contribution in [-0.2, 0) is 9.53 Å². The number of carbonyl (C=O) groups excluding carboxylic acids is 1. The SMILES string of the molecule is CC(C)[C@H](CN1C[C@@H](C)O[C@@H](C(N)=O)C1)c1ccccc1. The lowest BCUT2D eigenvalue weighted by Gasteiger charge is -2.38. The second-order valence-corrected chi connectivity index (χ2v) is 6.32. The monoisotopic (exact) mass is 290 g/mol. The first kappa shape index (κ1) is 16.0. The van der Waals surface area contributed by atoms with E-state index in [1.165, 1.54) is 5.56 Å². The van der Waals surface area contributed by atoms with Crippen LogP contribution in [0.15, 0.2) is 30.3 Å². The molecule has 0 saturated carbocycles. The highest BCUT2D eigenvalue weighted by Gasteiger charge is 2.30. The minimum absolute atomic E-state index is 0.0415. The average Bonchev–Trinajstić information content (AvgIpc) is 2.44. The van der Waals surface area contributed by atoms with E-state index < -0.39 is 6.10 Å². The fourth-order valence-electron chi connectivity index (χ4n) is 3.02. The summed E-state index contributed by atoms with van der Waals surface area (Å²) in [6.07, 6.45) is -0.447. The van der Waals surface area contributed by atoms with Crippen LogP contribution >= 0.6 is 0 Å². The number of morpholine rings is 1. The van der Waals surface area contributed by atoms with Crippen LogP contribution in [0.3, 0.4) is 0 Å². The molecule has 0 spiro atoms. The Kier molecular flexibility index (Phi) is 5.37. The van der Waals surface area contributed by atoms with Crippen LogP contribution < -0.4 is 5.73 Å². The van der Waals surface area contributed by atoms with E-state index >= 15 is 0 Å². The molecule has 1 aromatic rings. The number of nitrogens with two attached hydrogens (primary N) is 1. The summed E-state index contributed by atoms with van der Waals surface area (Å²) in [6, 6.07) is 10.6. The van der Waals surface area contributed by atoms with Crippen molar-refractivity contribution in [2.45, 2.75) is 38.9 Å². The third kappa shape index (κ3) is 4.29. The molecule has 0 unspecified atom stereocenters. The van der Waals surface area contributed by atoms with Crippen LogP contribution in [-0.4, -0.2) is 42.6 Å². The summed E-state index contributed by atoms with van der Waals surface area (Å²) >= 11 is 0. The lowest BCUT2D eigenvalue weighted by atomic mass is 9.87. The quantitative estimate of drug-likeness (QED) is 0.902. The second-order valence-electron chi connectivity index (χ2n) is 6.32. The number of hydrogen-bond donors (Lipinski definition) is 1. The molecule has 1 amide bonds. The average molecular weight is 290 g/mol. The van der Waals surface area contributed by atoms with Crippen LogP contribution in [0.1, 0.15) is 32.3 Å². The molecule has 0 aliphatic carbocycles. The Morgan fingerprint density at radius 2 is 2.00 bits per heavy atom. The fraction of sp³-hybridized carbons (Fsp3) is 0.588. The van der Waals surface area contributed by atoms with Gasteiger partial charge < -0.3 is 10.5 Å². The highest BCUT2D eigenvalue weighted by molar-refractivity contribution is 5.79. The zero-order valence-electron chi connectivity index (χ0n) is 13.2. The van der Waals surface area contributed by atoms with Gasteiger partial charge in [0.15, 0.2) is 0 Å². The maximum absolute atomic E-state index is 11.4. The van der Waals surface area contributed by atoms with Gasteiger partial charge in [-0.05, 0) is 24.3 Å². The molecule has 1 saturated heterocycles. The third-order valence-corrected chi connectivity index (χ3v) is 4.14. The lowest BCUT2D eigenvalue weighted by Crippen LogP contribution is -2.52. The number of nitrogens with zero attached hydrogens (tertiary/aromatic N) is 1. The number of amides is 1. The van der Waals surface area contributed by atoms with E-state index in [0.717, 1.165) is 13.1 Å². The van der Waals surface area contributed by atoms with Crippen molar-refractivity contribution in [3.63, 3.8) is 0 Å². The lowest BCUT2D eigenvalue weighted by molar-refractivity contribution is -0.142. The number of carbonyl (C=O) groups is 1. The molecular formula is C17H26N2O2. The van der Waals surface area contributed by atoms with Gasteiger partial charge in [-0.15, -0.1) is 0 Å². The van der Waals surface area contributed by atoms with Crippen molar-refractivity contribution in [1.82, 2.24) is 4.90 Å². The first-order valence-electron chi connectivity index (χ1n) is 7.69. The summed E-state index contributed by atoms with van der Waals surface area (Å²) in [4.78, 5) is 13.7. The summed E-state index contributed by atoms with van der Waals surface area (Å²) in [7, 11) is 0. The summed E-state index contributed by atoms with van der Waals surface area (Å²) in [6.45, 7) is 8.85. The van der Waals surface area contributed by atoms with Crippen molar-refractivity contribution in [2.24, 2.45) is 11.7 Å². The molecule has 2 N–H and O–H groups in total. The molecule has 1 heterocycles. The van der Waals surface area contributed by atoms with Crippen LogP contribution in [0.25, 0.3) is 0 Å². The number of benzene rings is 1. The molecule has 1 fully saturated rings. The first-order chi connectivity index (χ1) is 9.97. The van der Waals surface area contributed by atoms with E-state index in [2.05, 4.69) is 43.0 Å². The van der Waals surface area contributed by atoms with Crippen molar-refractivity contribution in [3.8, 4) is 0 Å². The maximum atomic E-state index is 11.4. The van der Waals surface area contributed by atoms with Gasteiger partial charge in [0.1, 0.15) is 6.10 Å². The van der Waals surface area contributed by atoms with Gasteiger partial charge in [0.05, 0.1) is 6.10 Å². The Labute approximate surface area is 127 Å². The van der Waals surface area contributed by atoms with E-state index in [9.17, 15) is 4.79 Å². The predicted octanol–water partition coefficient (Wildman–Crippen LogP) is 2.00. The third-order valence-electron chi connectivity index (χ3n) is 4.14. The van der Waals surface area contributed by atoms with Gasteiger partial charge in [-0.3, -0.25) is 9.69 Å². The van der Waals surface area contributed by atoms with Crippen LogP contribution in [0.4, 0.5) is 0 Å². The molecule has 4 nitrogen and oxygen atoms in total. The van der Waals surface area contributed by atoms with E-state index in [1.54, 1.807) is 0 Å². The Morgan fingerprint density at radius 3 is 2.57 bits per heavy atom.